The van der Waals surface area contributed by atoms with Crippen molar-refractivity contribution >= 4 is 17.5 Å². The van der Waals surface area contributed by atoms with Gasteiger partial charge in [0, 0.05) is 31.6 Å². The standard InChI is InChI=1S/C14H18N2O4/c1-18-13-10-16(14(17)20-13)12-4-2-3-11(9-12)15-5-7-19-8-6-15/h2-4,9,13H,5-8,10H2,1H3/t13-/m1/s1. The van der Waals surface area contributed by atoms with Gasteiger partial charge in [0.15, 0.2) is 0 Å². The lowest BCUT2D eigenvalue weighted by Crippen LogP contribution is -2.36. The van der Waals surface area contributed by atoms with E-state index in [1.165, 1.54) is 7.11 Å². The number of amides is 1. The largest absolute Gasteiger partial charge is 0.417 e. The fourth-order valence-electron chi connectivity index (χ4n) is 2.45. The normalized spacial score (nSPS) is 23.1. The van der Waals surface area contributed by atoms with E-state index in [9.17, 15) is 4.79 Å². The summed E-state index contributed by atoms with van der Waals surface area (Å²) < 4.78 is 15.5. The lowest BCUT2D eigenvalue weighted by atomic mass is 10.2. The average molecular weight is 278 g/mol. The predicted octanol–water partition coefficient (Wildman–Crippen LogP) is 1.45. The molecule has 0 radical (unpaired) electrons. The summed E-state index contributed by atoms with van der Waals surface area (Å²) in [5.41, 5.74) is 1.93. The number of hydrogen-bond donors (Lipinski definition) is 0. The van der Waals surface area contributed by atoms with Crippen molar-refractivity contribution < 1.29 is 19.0 Å². The third-order valence-electron chi connectivity index (χ3n) is 3.56. The molecule has 108 valence electrons. The maximum atomic E-state index is 11.8. The van der Waals surface area contributed by atoms with Gasteiger partial charge in [-0.15, -0.1) is 0 Å². The van der Waals surface area contributed by atoms with Crippen LogP contribution in [0.1, 0.15) is 0 Å². The van der Waals surface area contributed by atoms with Crippen molar-refractivity contribution in [1.82, 2.24) is 0 Å². The molecule has 2 aliphatic rings. The maximum absolute atomic E-state index is 11.8. The van der Waals surface area contributed by atoms with E-state index in [1.54, 1.807) is 4.90 Å². The minimum atomic E-state index is -0.491. The fraction of sp³-hybridized carbons (Fsp3) is 0.500. The lowest BCUT2D eigenvalue weighted by molar-refractivity contribution is -0.0488. The number of rotatable bonds is 3. The fourth-order valence-corrected chi connectivity index (χ4v) is 2.45. The molecule has 1 aromatic carbocycles. The molecule has 1 atom stereocenters. The van der Waals surface area contributed by atoms with Gasteiger partial charge in [0.1, 0.15) is 0 Å². The van der Waals surface area contributed by atoms with E-state index in [2.05, 4.69) is 4.90 Å². The summed E-state index contributed by atoms with van der Waals surface area (Å²) in [5.74, 6) is 0. The summed E-state index contributed by atoms with van der Waals surface area (Å²) in [7, 11) is 1.53. The number of carbonyl (C=O) groups is 1. The van der Waals surface area contributed by atoms with Crippen LogP contribution >= 0.6 is 0 Å². The maximum Gasteiger partial charge on any atom is 0.416 e. The zero-order valence-corrected chi connectivity index (χ0v) is 11.4. The van der Waals surface area contributed by atoms with Crippen LogP contribution < -0.4 is 9.80 Å². The van der Waals surface area contributed by atoms with Gasteiger partial charge in [-0.1, -0.05) is 6.07 Å². The Morgan fingerprint density at radius 2 is 2.00 bits per heavy atom. The van der Waals surface area contributed by atoms with Crippen molar-refractivity contribution in [2.45, 2.75) is 6.29 Å². The molecule has 0 aliphatic carbocycles. The van der Waals surface area contributed by atoms with Crippen molar-refractivity contribution in [3.8, 4) is 0 Å². The van der Waals surface area contributed by atoms with Gasteiger partial charge in [-0.25, -0.2) is 4.79 Å². The highest BCUT2D eigenvalue weighted by Gasteiger charge is 2.32. The van der Waals surface area contributed by atoms with E-state index < -0.39 is 6.29 Å². The topological polar surface area (TPSA) is 51.2 Å². The number of benzene rings is 1. The first-order valence-corrected chi connectivity index (χ1v) is 6.71. The summed E-state index contributed by atoms with van der Waals surface area (Å²) in [5, 5.41) is 0. The summed E-state index contributed by atoms with van der Waals surface area (Å²) in [4.78, 5) is 15.7. The van der Waals surface area contributed by atoms with Crippen LogP contribution in [-0.2, 0) is 14.2 Å². The molecule has 0 aromatic heterocycles. The van der Waals surface area contributed by atoms with Crippen molar-refractivity contribution in [3.63, 3.8) is 0 Å². The van der Waals surface area contributed by atoms with Crippen molar-refractivity contribution in [2.24, 2.45) is 0 Å². The Morgan fingerprint density at radius 3 is 2.70 bits per heavy atom. The highest BCUT2D eigenvalue weighted by Crippen LogP contribution is 2.26. The van der Waals surface area contributed by atoms with Crippen LogP contribution in [0.4, 0.5) is 16.2 Å². The van der Waals surface area contributed by atoms with Crippen LogP contribution in [0, 0.1) is 0 Å². The first kappa shape index (κ1) is 13.2. The van der Waals surface area contributed by atoms with E-state index in [1.807, 2.05) is 24.3 Å². The molecule has 2 saturated heterocycles. The van der Waals surface area contributed by atoms with E-state index in [0.717, 1.165) is 37.7 Å². The Hall–Kier alpha value is -1.79. The molecule has 0 unspecified atom stereocenters. The van der Waals surface area contributed by atoms with Gasteiger partial charge in [0.2, 0.25) is 6.29 Å². The summed E-state index contributed by atoms with van der Waals surface area (Å²) in [6, 6.07) is 7.91. The predicted molar refractivity (Wildman–Crippen MR) is 74.1 cm³/mol. The highest BCUT2D eigenvalue weighted by atomic mass is 16.7. The molecule has 6 nitrogen and oxygen atoms in total. The quantitative estimate of drug-likeness (QED) is 0.837. The third kappa shape index (κ3) is 2.57. The van der Waals surface area contributed by atoms with Gasteiger partial charge in [0.25, 0.3) is 0 Å². The minimum absolute atomic E-state index is 0.365. The first-order chi connectivity index (χ1) is 9.78. The molecule has 0 spiro atoms. The molecule has 0 N–H and O–H groups in total. The summed E-state index contributed by atoms with van der Waals surface area (Å²) >= 11 is 0. The number of hydrogen-bond acceptors (Lipinski definition) is 5. The van der Waals surface area contributed by atoms with Crippen molar-refractivity contribution in [1.29, 1.82) is 0 Å². The Kier molecular flexibility index (Phi) is 3.75. The Labute approximate surface area is 117 Å². The lowest BCUT2D eigenvalue weighted by Gasteiger charge is -2.29. The zero-order chi connectivity index (χ0) is 13.9. The number of anilines is 2. The first-order valence-electron chi connectivity index (χ1n) is 6.71. The van der Waals surface area contributed by atoms with Gasteiger partial charge >= 0.3 is 6.09 Å². The Balaban J connectivity index is 1.78. The van der Waals surface area contributed by atoms with Crippen LogP contribution in [0.5, 0.6) is 0 Å². The number of cyclic esters (lactones) is 1. The molecule has 20 heavy (non-hydrogen) atoms. The van der Waals surface area contributed by atoms with Gasteiger partial charge in [-0.2, -0.15) is 0 Å². The minimum Gasteiger partial charge on any atom is -0.417 e. The van der Waals surface area contributed by atoms with Crippen LogP contribution in [0.15, 0.2) is 24.3 Å². The van der Waals surface area contributed by atoms with Crippen molar-refractivity contribution in [3.05, 3.63) is 24.3 Å². The number of ether oxygens (including phenoxy) is 3. The molecular weight excluding hydrogens is 260 g/mol. The van der Waals surface area contributed by atoms with E-state index in [0.29, 0.717) is 6.54 Å². The molecule has 6 heteroatoms. The number of morpholine rings is 1. The number of nitrogens with zero attached hydrogens (tertiary/aromatic N) is 2. The highest BCUT2D eigenvalue weighted by molar-refractivity contribution is 5.90. The molecule has 1 aromatic rings. The molecule has 0 saturated carbocycles. The van der Waals surface area contributed by atoms with Crippen LogP contribution in [-0.4, -0.2) is 52.3 Å². The Bertz CT molecular complexity index is 488. The van der Waals surface area contributed by atoms with Crippen LogP contribution in [0.2, 0.25) is 0 Å². The zero-order valence-electron chi connectivity index (χ0n) is 11.4. The van der Waals surface area contributed by atoms with Gasteiger partial charge in [-0.3, -0.25) is 4.90 Å². The molecular formula is C14H18N2O4. The van der Waals surface area contributed by atoms with Crippen LogP contribution in [0.3, 0.4) is 0 Å². The second-order valence-corrected chi connectivity index (χ2v) is 4.78. The Morgan fingerprint density at radius 1 is 1.25 bits per heavy atom. The van der Waals surface area contributed by atoms with Crippen LogP contribution in [0.25, 0.3) is 0 Å². The summed E-state index contributed by atoms with van der Waals surface area (Å²) in [6.07, 6.45) is -0.856. The van der Waals surface area contributed by atoms with Gasteiger partial charge in [-0.05, 0) is 18.2 Å². The molecule has 3 rings (SSSR count). The molecule has 2 fully saturated rings. The third-order valence-corrected chi connectivity index (χ3v) is 3.56. The second kappa shape index (κ2) is 5.68. The SMILES string of the molecule is CO[C@H]1CN(c2cccc(N3CCOCC3)c2)C(=O)O1. The molecule has 0 bridgehead atoms. The summed E-state index contributed by atoms with van der Waals surface area (Å²) in [6.45, 7) is 3.63. The van der Waals surface area contributed by atoms with Crippen molar-refractivity contribution in [2.75, 3.05) is 49.8 Å². The molecule has 2 aliphatic heterocycles. The number of methoxy groups -OCH3 is 1. The second-order valence-electron chi connectivity index (χ2n) is 4.78. The number of carbonyl (C=O) groups excluding carboxylic acids is 1. The van der Waals surface area contributed by atoms with Gasteiger partial charge in [0.05, 0.1) is 19.8 Å². The van der Waals surface area contributed by atoms with E-state index in [-0.39, 0.29) is 6.09 Å². The monoisotopic (exact) mass is 278 g/mol. The van der Waals surface area contributed by atoms with Gasteiger partial charge < -0.3 is 19.1 Å². The smallest absolute Gasteiger partial charge is 0.416 e. The van der Waals surface area contributed by atoms with E-state index >= 15 is 0 Å². The molecule has 2 heterocycles. The molecule has 1 amide bonds. The average Bonchev–Trinajstić information content (AvgIpc) is 2.89. The van der Waals surface area contributed by atoms with E-state index in [4.69, 9.17) is 14.2 Å².